The Morgan fingerprint density at radius 2 is 2.00 bits per heavy atom. The molecule has 1 atom stereocenters. The fourth-order valence-electron chi connectivity index (χ4n) is 2.35. The maximum absolute atomic E-state index is 13.0. The normalized spacial score (nSPS) is 20.3. The molecule has 0 spiro atoms. The molecule has 1 saturated heterocycles. The SMILES string of the molecule is O=C(O)[C@H]1CCCN1S(=O)(=O)c1ccc(Cl)cc1C(F)(F)F. The molecule has 0 radical (unpaired) electrons. The molecule has 0 amide bonds. The molecule has 0 unspecified atom stereocenters. The highest BCUT2D eigenvalue weighted by molar-refractivity contribution is 7.89. The summed E-state index contributed by atoms with van der Waals surface area (Å²) in [6.07, 6.45) is -4.60. The Bertz CT molecular complexity index is 705. The molecule has 0 aromatic heterocycles. The maximum Gasteiger partial charge on any atom is 0.417 e. The Balaban J connectivity index is 2.58. The lowest BCUT2D eigenvalue weighted by atomic mass is 10.2. The molecular formula is C12H11ClF3NO4S. The first-order valence-corrected chi connectivity index (χ1v) is 7.98. The largest absolute Gasteiger partial charge is 0.480 e. The van der Waals surface area contributed by atoms with E-state index in [0.717, 1.165) is 12.1 Å². The molecule has 1 aromatic carbocycles. The number of sulfonamides is 1. The van der Waals surface area contributed by atoms with Crippen molar-refractivity contribution in [3.05, 3.63) is 28.8 Å². The molecule has 2 rings (SSSR count). The molecule has 122 valence electrons. The van der Waals surface area contributed by atoms with Crippen LogP contribution in [0.3, 0.4) is 0 Å². The summed E-state index contributed by atoms with van der Waals surface area (Å²) < 4.78 is 64.6. The van der Waals surface area contributed by atoms with Gasteiger partial charge in [-0.3, -0.25) is 4.79 Å². The van der Waals surface area contributed by atoms with Crippen LogP contribution in [0.1, 0.15) is 18.4 Å². The highest BCUT2D eigenvalue weighted by Gasteiger charge is 2.44. The van der Waals surface area contributed by atoms with Crippen molar-refractivity contribution >= 4 is 27.6 Å². The maximum atomic E-state index is 13.0. The van der Waals surface area contributed by atoms with Crippen LogP contribution in [-0.2, 0) is 21.0 Å². The molecule has 0 aliphatic carbocycles. The lowest BCUT2D eigenvalue weighted by molar-refractivity contribution is -0.140. The highest BCUT2D eigenvalue weighted by Crippen LogP contribution is 2.38. The number of carboxylic acids is 1. The van der Waals surface area contributed by atoms with Gasteiger partial charge < -0.3 is 5.11 Å². The standard InChI is InChI=1S/C12H11ClF3NO4S/c13-7-3-4-10(8(6-7)12(14,15)16)22(20,21)17-5-1-2-9(17)11(18)19/h3-4,6,9H,1-2,5H2,(H,18,19)/t9-/m1/s1. The van der Waals surface area contributed by atoms with Gasteiger partial charge in [-0.2, -0.15) is 17.5 Å². The fraction of sp³-hybridized carbons (Fsp3) is 0.417. The first-order valence-electron chi connectivity index (χ1n) is 6.16. The van der Waals surface area contributed by atoms with E-state index in [1.807, 2.05) is 0 Å². The van der Waals surface area contributed by atoms with Crippen LogP contribution >= 0.6 is 11.6 Å². The zero-order valence-corrected chi connectivity index (χ0v) is 12.5. The van der Waals surface area contributed by atoms with Crippen LogP contribution in [-0.4, -0.2) is 36.4 Å². The van der Waals surface area contributed by atoms with Crippen LogP contribution in [0, 0.1) is 0 Å². The molecule has 1 fully saturated rings. The average molecular weight is 358 g/mol. The summed E-state index contributed by atoms with van der Waals surface area (Å²) in [5.41, 5.74) is -1.41. The molecular weight excluding hydrogens is 347 g/mol. The van der Waals surface area contributed by atoms with Gasteiger partial charge in [-0.05, 0) is 31.0 Å². The highest BCUT2D eigenvalue weighted by atomic mass is 35.5. The summed E-state index contributed by atoms with van der Waals surface area (Å²) in [7, 11) is -4.59. The summed E-state index contributed by atoms with van der Waals surface area (Å²) in [5, 5.41) is 8.76. The number of carbonyl (C=O) groups is 1. The van der Waals surface area contributed by atoms with Gasteiger partial charge in [0.2, 0.25) is 10.0 Å². The third-order valence-electron chi connectivity index (χ3n) is 3.32. The van der Waals surface area contributed by atoms with E-state index in [0.29, 0.717) is 10.4 Å². The topological polar surface area (TPSA) is 74.7 Å². The van der Waals surface area contributed by atoms with Gasteiger partial charge in [0.1, 0.15) is 6.04 Å². The molecule has 1 heterocycles. The smallest absolute Gasteiger partial charge is 0.417 e. The molecule has 1 aliphatic rings. The van der Waals surface area contributed by atoms with Crippen molar-refractivity contribution in [1.82, 2.24) is 4.31 Å². The average Bonchev–Trinajstić information content (AvgIpc) is 2.87. The number of halogens is 4. The van der Waals surface area contributed by atoms with Gasteiger partial charge in [0, 0.05) is 11.6 Å². The number of nitrogens with zero attached hydrogens (tertiary/aromatic N) is 1. The predicted molar refractivity (Wildman–Crippen MR) is 71.0 cm³/mol. The van der Waals surface area contributed by atoms with E-state index in [1.54, 1.807) is 0 Å². The van der Waals surface area contributed by atoms with Gasteiger partial charge >= 0.3 is 12.1 Å². The fourth-order valence-corrected chi connectivity index (χ4v) is 4.37. The molecule has 1 aliphatic heterocycles. The van der Waals surface area contributed by atoms with Crippen LogP contribution in [0.4, 0.5) is 13.2 Å². The van der Waals surface area contributed by atoms with Gasteiger partial charge in [-0.15, -0.1) is 0 Å². The first kappa shape index (κ1) is 17.0. The zero-order valence-electron chi connectivity index (χ0n) is 11.0. The van der Waals surface area contributed by atoms with E-state index < -0.39 is 38.7 Å². The van der Waals surface area contributed by atoms with Crippen molar-refractivity contribution in [2.45, 2.75) is 30.0 Å². The first-order chi connectivity index (χ1) is 10.0. The molecule has 10 heteroatoms. The summed E-state index contributed by atoms with van der Waals surface area (Å²) in [6, 6.07) is 0.926. The third kappa shape index (κ3) is 3.06. The van der Waals surface area contributed by atoms with Gasteiger partial charge in [-0.25, -0.2) is 8.42 Å². The quantitative estimate of drug-likeness (QED) is 0.902. The summed E-state index contributed by atoms with van der Waals surface area (Å²) >= 11 is 5.51. The second-order valence-electron chi connectivity index (χ2n) is 4.75. The van der Waals surface area contributed by atoms with Crippen LogP contribution in [0.5, 0.6) is 0 Å². The number of benzene rings is 1. The summed E-state index contributed by atoms with van der Waals surface area (Å²) in [5.74, 6) is -1.39. The van der Waals surface area contributed by atoms with Crippen LogP contribution in [0.2, 0.25) is 5.02 Å². The Hall–Kier alpha value is -1.32. The van der Waals surface area contributed by atoms with Gasteiger partial charge in [-0.1, -0.05) is 11.6 Å². The van der Waals surface area contributed by atoms with E-state index in [1.165, 1.54) is 0 Å². The second kappa shape index (κ2) is 5.71. The second-order valence-corrected chi connectivity index (χ2v) is 7.05. The van der Waals surface area contributed by atoms with Crippen molar-refractivity contribution < 1.29 is 31.5 Å². The van der Waals surface area contributed by atoms with Crippen molar-refractivity contribution in [2.24, 2.45) is 0 Å². The molecule has 0 saturated carbocycles. The van der Waals surface area contributed by atoms with Crippen molar-refractivity contribution in [1.29, 1.82) is 0 Å². The van der Waals surface area contributed by atoms with Crippen LogP contribution < -0.4 is 0 Å². The summed E-state index contributed by atoms with van der Waals surface area (Å²) in [6.45, 7) is -0.140. The molecule has 5 nitrogen and oxygen atoms in total. The van der Waals surface area contributed by atoms with Gasteiger partial charge in [0.05, 0.1) is 10.5 Å². The zero-order chi connectivity index (χ0) is 16.7. The Kier molecular flexibility index (Phi) is 4.42. The Morgan fingerprint density at radius 1 is 1.36 bits per heavy atom. The van der Waals surface area contributed by atoms with E-state index in [2.05, 4.69) is 0 Å². The van der Waals surface area contributed by atoms with Crippen molar-refractivity contribution in [2.75, 3.05) is 6.54 Å². The predicted octanol–water partition coefficient (Wildman–Crippen LogP) is 2.60. The van der Waals surface area contributed by atoms with E-state index in [9.17, 15) is 26.4 Å². The Morgan fingerprint density at radius 3 is 2.55 bits per heavy atom. The number of carboxylic acid groups (broad SMARTS) is 1. The van der Waals surface area contributed by atoms with E-state index in [-0.39, 0.29) is 24.4 Å². The lowest BCUT2D eigenvalue weighted by Crippen LogP contribution is -2.41. The van der Waals surface area contributed by atoms with Gasteiger partial charge in [0.25, 0.3) is 0 Å². The molecule has 1 N–H and O–H groups in total. The summed E-state index contributed by atoms with van der Waals surface area (Å²) in [4.78, 5) is 10.1. The van der Waals surface area contributed by atoms with Gasteiger partial charge in [0.15, 0.2) is 0 Å². The van der Waals surface area contributed by atoms with Crippen LogP contribution in [0.15, 0.2) is 23.1 Å². The number of alkyl halides is 3. The minimum absolute atomic E-state index is 0.0590. The lowest BCUT2D eigenvalue weighted by Gasteiger charge is -2.23. The number of aliphatic carboxylic acids is 1. The number of rotatable bonds is 3. The monoisotopic (exact) mass is 357 g/mol. The minimum Gasteiger partial charge on any atom is -0.480 e. The molecule has 1 aromatic rings. The molecule has 0 bridgehead atoms. The van der Waals surface area contributed by atoms with Crippen LogP contribution in [0.25, 0.3) is 0 Å². The number of hydrogen-bond acceptors (Lipinski definition) is 3. The van der Waals surface area contributed by atoms with E-state index >= 15 is 0 Å². The Labute approximate surface area is 129 Å². The van der Waals surface area contributed by atoms with E-state index in [4.69, 9.17) is 16.7 Å². The molecule has 22 heavy (non-hydrogen) atoms. The minimum atomic E-state index is -4.92. The van der Waals surface area contributed by atoms with Crippen molar-refractivity contribution in [3.8, 4) is 0 Å². The third-order valence-corrected chi connectivity index (χ3v) is 5.52. The van der Waals surface area contributed by atoms with Crippen molar-refractivity contribution in [3.63, 3.8) is 0 Å². The number of hydrogen-bond donors (Lipinski definition) is 1.